The molecule has 0 saturated carbocycles. The van der Waals surface area contributed by atoms with Gasteiger partial charge in [-0.3, -0.25) is 10.0 Å². The van der Waals surface area contributed by atoms with Crippen LogP contribution in [0.15, 0.2) is 12.1 Å². The van der Waals surface area contributed by atoms with Gasteiger partial charge >= 0.3 is 0 Å². The predicted octanol–water partition coefficient (Wildman–Crippen LogP) is 0.548. The molecule has 1 amide bonds. The molecule has 1 aliphatic heterocycles. The summed E-state index contributed by atoms with van der Waals surface area (Å²) in [6.45, 7) is 1.04. The highest BCUT2D eigenvalue weighted by Crippen LogP contribution is 2.20. The van der Waals surface area contributed by atoms with Crippen LogP contribution in [0.3, 0.4) is 0 Å². The molecule has 0 atom stereocenters. The van der Waals surface area contributed by atoms with E-state index in [1.807, 2.05) is 0 Å². The molecule has 0 aromatic heterocycles. The van der Waals surface area contributed by atoms with E-state index in [1.165, 1.54) is 5.48 Å². The van der Waals surface area contributed by atoms with Gasteiger partial charge in [0, 0.05) is 24.2 Å². The molecule has 2 rings (SSSR count). The van der Waals surface area contributed by atoms with Crippen molar-refractivity contribution in [3.05, 3.63) is 34.6 Å². The lowest BCUT2D eigenvalue weighted by molar-refractivity contribution is 0.0706. The van der Waals surface area contributed by atoms with Gasteiger partial charge in [0.1, 0.15) is 5.82 Å². The zero-order valence-corrected chi connectivity index (χ0v) is 7.30. The second-order valence-corrected chi connectivity index (χ2v) is 3.14. The summed E-state index contributed by atoms with van der Waals surface area (Å²) in [5, 5.41) is 11.4. The van der Waals surface area contributed by atoms with Gasteiger partial charge in [0.15, 0.2) is 0 Å². The third-order valence-electron chi connectivity index (χ3n) is 2.27. The Hall–Kier alpha value is -1.46. The van der Waals surface area contributed by atoms with Gasteiger partial charge in [-0.1, -0.05) is 0 Å². The molecule has 4 nitrogen and oxygen atoms in total. The molecule has 1 aromatic rings. The molecule has 1 heterocycles. The van der Waals surface area contributed by atoms with Gasteiger partial charge in [-0.15, -0.1) is 0 Å². The maximum Gasteiger partial charge on any atom is 0.274 e. The zero-order chi connectivity index (χ0) is 10.1. The van der Waals surface area contributed by atoms with E-state index in [0.29, 0.717) is 18.7 Å². The summed E-state index contributed by atoms with van der Waals surface area (Å²) in [6, 6.07) is 2.70. The van der Waals surface area contributed by atoms with Gasteiger partial charge in [0.05, 0.1) is 0 Å². The molecule has 14 heavy (non-hydrogen) atoms. The fourth-order valence-electron chi connectivity index (χ4n) is 1.57. The van der Waals surface area contributed by atoms with E-state index in [0.717, 1.165) is 11.6 Å². The van der Waals surface area contributed by atoms with Crippen molar-refractivity contribution in [1.29, 1.82) is 0 Å². The number of fused-ring (bicyclic) bond motifs is 1. The van der Waals surface area contributed by atoms with Crippen molar-refractivity contribution in [2.75, 3.05) is 0 Å². The van der Waals surface area contributed by atoms with Crippen LogP contribution in [0, 0.1) is 5.82 Å². The average molecular weight is 196 g/mol. The van der Waals surface area contributed by atoms with Crippen molar-refractivity contribution in [1.82, 2.24) is 10.8 Å². The first kappa shape index (κ1) is 9.11. The Labute approximate surface area is 79.7 Å². The minimum absolute atomic E-state index is 0.132. The summed E-state index contributed by atoms with van der Waals surface area (Å²) in [7, 11) is 0. The van der Waals surface area contributed by atoms with Crippen LogP contribution in [-0.2, 0) is 13.1 Å². The van der Waals surface area contributed by atoms with Crippen LogP contribution in [0.2, 0.25) is 0 Å². The van der Waals surface area contributed by atoms with Crippen LogP contribution >= 0.6 is 0 Å². The normalized spacial score (nSPS) is 13.9. The fraction of sp³-hybridized carbons (Fsp3) is 0.222. The lowest BCUT2D eigenvalue weighted by Gasteiger charge is -2.03. The average Bonchev–Trinajstić information content (AvgIpc) is 2.64. The van der Waals surface area contributed by atoms with Gasteiger partial charge in [-0.2, -0.15) is 0 Å². The topological polar surface area (TPSA) is 61.4 Å². The summed E-state index contributed by atoms with van der Waals surface area (Å²) >= 11 is 0. The highest BCUT2D eigenvalue weighted by molar-refractivity contribution is 5.93. The largest absolute Gasteiger partial charge is 0.308 e. The first-order valence-corrected chi connectivity index (χ1v) is 4.19. The Morgan fingerprint density at radius 3 is 3.00 bits per heavy atom. The van der Waals surface area contributed by atoms with Crippen LogP contribution in [0.4, 0.5) is 4.39 Å². The second-order valence-electron chi connectivity index (χ2n) is 3.14. The van der Waals surface area contributed by atoms with E-state index in [1.54, 1.807) is 6.07 Å². The molecule has 0 radical (unpaired) electrons. The number of halogens is 1. The number of hydrogen-bond acceptors (Lipinski definition) is 3. The number of hydroxylamine groups is 1. The van der Waals surface area contributed by atoms with Gasteiger partial charge in [0.2, 0.25) is 0 Å². The van der Waals surface area contributed by atoms with Crippen molar-refractivity contribution in [3.8, 4) is 0 Å². The molecular weight excluding hydrogens is 187 g/mol. The van der Waals surface area contributed by atoms with Crippen molar-refractivity contribution >= 4 is 5.91 Å². The molecular formula is C9H9FN2O2. The molecule has 5 heteroatoms. The van der Waals surface area contributed by atoms with Crippen LogP contribution in [0.1, 0.15) is 21.5 Å². The quantitative estimate of drug-likeness (QED) is 0.454. The first-order valence-electron chi connectivity index (χ1n) is 4.19. The summed E-state index contributed by atoms with van der Waals surface area (Å²) in [4.78, 5) is 11.0. The number of amides is 1. The molecule has 74 valence electrons. The third kappa shape index (κ3) is 1.36. The molecule has 0 bridgehead atoms. The Kier molecular flexibility index (Phi) is 2.18. The number of carbonyl (C=O) groups is 1. The van der Waals surface area contributed by atoms with Crippen molar-refractivity contribution < 1.29 is 14.4 Å². The van der Waals surface area contributed by atoms with E-state index in [2.05, 4.69) is 5.32 Å². The standard InChI is InChI=1S/C9H9FN2O2/c10-8-2-5(9(13)12-14)1-6-3-11-4-7(6)8/h1-2,11,14H,3-4H2,(H,12,13). The minimum Gasteiger partial charge on any atom is -0.308 e. The number of nitrogens with one attached hydrogen (secondary N) is 2. The third-order valence-corrected chi connectivity index (χ3v) is 2.27. The lowest BCUT2D eigenvalue weighted by Crippen LogP contribution is -2.19. The predicted molar refractivity (Wildman–Crippen MR) is 46.2 cm³/mol. The van der Waals surface area contributed by atoms with Gasteiger partial charge in [-0.05, 0) is 17.7 Å². The Morgan fingerprint density at radius 2 is 2.29 bits per heavy atom. The smallest absolute Gasteiger partial charge is 0.274 e. The Bertz CT molecular complexity index is 393. The molecule has 3 N–H and O–H groups in total. The van der Waals surface area contributed by atoms with E-state index in [-0.39, 0.29) is 5.56 Å². The van der Waals surface area contributed by atoms with Crippen LogP contribution < -0.4 is 10.8 Å². The highest BCUT2D eigenvalue weighted by Gasteiger charge is 2.17. The summed E-state index contributed by atoms with van der Waals surface area (Å²) < 4.78 is 13.3. The summed E-state index contributed by atoms with van der Waals surface area (Å²) in [5.74, 6) is -1.11. The van der Waals surface area contributed by atoms with E-state index in [9.17, 15) is 9.18 Å². The van der Waals surface area contributed by atoms with Gasteiger partial charge in [-0.25, -0.2) is 9.87 Å². The summed E-state index contributed by atoms with van der Waals surface area (Å²) in [5.41, 5.74) is 2.97. The minimum atomic E-state index is -0.696. The zero-order valence-electron chi connectivity index (χ0n) is 7.30. The first-order chi connectivity index (χ1) is 6.72. The Morgan fingerprint density at radius 1 is 1.50 bits per heavy atom. The van der Waals surface area contributed by atoms with Crippen molar-refractivity contribution in [3.63, 3.8) is 0 Å². The highest BCUT2D eigenvalue weighted by atomic mass is 19.1. The number of hydrogen-bond donors (Lipinski definition) is 3. The molecule has 1 aliphatic rings. The van der Waals surface area contributed by atoms with Crippen LogP contribution in [0.5, 0.6) is 0 Å². The molecule has 1 aromatic carbocycles. The lowest BCUT2D eigenvalue weighted by atomic mass is 10.1. The monoisotopic (exact) mass is 196 g/mol. The van der Waals surface area contributed by atoms with E-state index >= 15 is 0 Å². The Balaban J connectivity index is 2.46. The maximum atomic E-state index is 13.3. The summed E-state index contributed by atoms with van der Waals surface area (Å²) in [6.07, 6.45) is 0. The molecule has 0 saturated heterocycles. The number of carbonyl (C=O) groups excluding carboxylic acids is 1. The number of rotatable bonds is 1. The number of benzene rings is 1. The van der Waals surface area contributed by atoms with Crippen LogP contribution in [0.25, 0.3) is 0 Å². The maximum absolute atomic E-state index is 13.3. The molecule has 0 spiro atoms. The molecule has 0 aliphatic carbocycles. The second kappa shape index (κ2) is 3.36. The van der Waals surface area contributed by atoms with Crippen molar-refractivity contribution in [2.24, 2.45) is 0 Å². The SMILES string of the molecule is O=C(NO)c1cc(F)c2c(c1)CNC2. The van der Waals surface area contributed by atoms with E-state index in [4.69, 9.17) is 5.21 Å². The molecule has 0 fully saturated rings. The van der Waals surface area contributed by atoms with Crippen LogP contribution in [-0.4, -0.2) is 11.1 Å². The van der Waals surface area contributed by atoms with Gasteiger partial charge in [0.25, 0.3) is 5.91 Å². The van der Waals surface area contributed by atoms with Crippen molar-refractivity contribution in [2.45, 2.75) is 13.1 Å². The van der Waals surface area contributed by atoms with E-state index < -0.39 is 11.7 Å². The molecule has 0 unspecified atom stereocenters. The fourth-order valence-corrected chi connectivity index (χ4v) is 1.57. The van der Waals surface area contributed by atoms with Gasteiger partial charge < -0.3 is 5.32 Å².